The van der Waals surface area contributed by atoms with Gasteiger partial charge in [0.1, 0.15) is 5.92 Å². The van der Waals surface area contributed by atoms with Crippen LogP contribution in [0.5, 0.6) is 0 Å². The second-order valence-corrected chi connectivity index (χ2v) is 3.51. The van der Waals surface area contributed by atoms with Crippen LogP contribution >= 0.6 is 0 Å². The Kier molecular flexibility index (Phi) is 4.41. The molecule has 1 amide bonds. The molecule has 0 radical (unpaired) electrons. The molecule has 4 nitrogen and oxygen atoms in total. The number of carbonyl (C=O) groups excluding carboxylic acids is 1. The van der Waals surface area contributed by atoms with Gasteiger partial charge in [0.25, 0.3) is 0 Å². The number of carbonyl (C=O) groups is 1. The summed E-state index contributed by atoms with van der Waals surface area (Å²) in [5.74, 6) is -0.678. The Morgan fingerprint density at radius 2 is 2.57 bits per heavy atom. The summed E-state index contributed by atoms with van der Waals surface area (Å²) in [7, 11) is 0. The molecule has 14 heavy (non-hydrogen) atoms. The van der Waals surface area contributed by atoms with Gasteiger partial charge in [-0.2, -0.15) is 5.26 Å². The molecule has 2 unspecified atom stereocenters. The van der Waals surface area contributed by atoms with Crippen LogP contribution in [0.4, 0.5) is 0 Å². The van der Waals surface area contributed by atoms with Crippen LogP contribution in [-0.4, -0.2) is 25.2 Å². The third-order valence-corrected chi connectivity index (χ3v) is 2.39. The lowest BCUT2D eigenvalue weighted by atomic mass is 10.1. The Morgan fingerprint density at radius 1 is 1.79 bits per heavy atom. The molecule has 0 aromatic carbocycles. The van der Waals surface area contributed by atoms with E-state index in [1.807, 2.05) is 13.0 Å². The Labute approximate surface area is 84.2 Å². The van der Waals surface area contributed by atoms with E-state index in [2.05, 4.69) is 5.32 Å². The van der Waals surface area contributed by atoms with Gasteiger partial charge in [0.2, 0.25) is 5.91 Å². The first-order valence-electron chi connectivity index (χ1n) is 5.05. The fraction of sp³-hybridized carbons (Fsp3) is 0.800. The highest BCUT2D eigenvalue weighted by molar-refractivity contribution is 5.81. The number of nitrogens with one attached hydrogen (secondary N) is 1. The fourth-order valence-electron chi connectivity index (χ4n) is 1.49. The van der Waals surface area contributed by atoms with Crippen molar-refractivity contribution in [3.05, 3.63) is 0 Å². The van der Waals surface area contributed by atoms with E-state index in [4.69, 9.17) is 10.00 Å². The normalized spacial score (nSPS) is 23.6. The molecular weight excluding hydrogens is 180 g/mol. The van der Waals surface area contributed by atoms with E-state index in [1.54, 1.807) is 0 Å². The number of rotatable bonds is 3. The minimum Gasteiger partial charge on any atom is -0.379 e. The van der Waals surface area contributed by atoms with E-state index < -0.39 is 5.92 Å². The average Bonchev–Trinajstić information content (AvgIpc) is 2.21. The van der Waals surface area contributed by atoms with Gasteiger partial charge < -0.3 is 10.1 Å². The summed E-state index contributed by atoms with van der Waals surface area (Å²) in [6.45, 7) is 3.19. The van der Waals surface area contributed by atoms with Crippen molar-refractivity contribution in [2.45, 2.75) is 32.2 Å². The number of amides is 1. The topological polar surface area (TPSA) is 62.1 Å². The van der Waals surface area contributed by atoms with Gasteiger partial charge in [-0.3, -0.25) is 4.79 Å². The zero-order chi connectivity index (χ0) is 10.4. The van der Waals surface area contributed by atoms with E-state index in [0.717, 1.165) is 19.4 Å². The smallest absolute Gasteiger partial charge is 0.237 e. The van der Waals surface area contributed by atoms with Gasteiger partial charge in [-0.1, -0.05) is 6.92 Å². The highest BCUT2D eigenvalue weighted by atomic mass is 16.5. The lowest BCUT2D eigenvalue weighted by Crippen LogP contribution is -2.43. The van der Waals surface area contributed by atoms with Gasteiger partial charge in [-0.25, -0.2) is 0 Å². The minimum absolute atomic E-state index is 0.0960. The van der Waals surface area contributed by atoms with Crippen molar-refractivity contribution in [1.82, 2.24) is 5.32 Å². The summed E-state index contributed by atoms with van der Waals surface area (Å²) in [4.78, 5) is 11.5. The van der Waals surface area contributed by atoms with Crippen LogP contribution in [0.15, 0.2) is 0 Å². The van der Waals surface area contributed by atoms with Crippen molar-refractivity contribution in [1.29, 1.82) is 5.26 Å². The van der Waals surface area contributed by atoms with Crippen LogP contribution < -0.4 is 5.32 Å². The highest BCUT2D eigenvalue weighted by Crippen LogP contribution is 2.08. The van der Waals surface area contributed by atoms with Gasteiger partial charge in [-0.15, -0.1) is 0 Å². The van der Waals surface area contributed by atoms with Gasteiger partial charge in [0.05, 0.1) is 18.7 Å². The second kappa shape index (κ2) is 5.61. The molecule has 1 fully saturated rings. The number of hydrogen-bond donors (Lipinski definition) is 1. The Morgan fingerprint density at radius 3 is 3.07 bits per heavy atom. The summed E-state index contributed by atoms with van der Waals surface area (Å²) in [5.41, 5.74) is 0. The molecule has 1 saturated heterocycles. The molecule has 1 aliphatic heterocycles. The highest BCUT2D eigenvalue weighted by Gasteiger charge is 2.21. The molecule has 2 atom stereocenters. The number of ether oxygens (including phenoxy) is 1. The molecule has 1 heterocycles. The standard InChI is InChI=1S/C10H16N2O2/c1-2-8(6-11)10(13)12-9-4-3-5-14-7-9/h8-9H,2-5,7H2,1H3,(H,12,13). The Hall–Kier alpha value is -1.08. The molecular formula is C10H16N2O2. The zero-order valence-electron chi connectivity index (χ0n) is 8.45. The molecule has 0 aromatic heterocycles. The number of nitrogens with zero attached hydrogens (tertiary/aromatic N) is 1. The third kappa shape index (κ3) is 3.00. The predicted molar refractivity (Wildman–Crippen MR) is 51.4 cm³/mol. The predicted octanol–water partition coefficient (Wildman–Crippen LogP) is 0.831. The van der Waals surface area contributed by atoms with E-state index in [9.17, 15) is 4.79 Å². The number of nitriles is 1. The first-order chi connectivity index (χ1) is 6.77. The molecule has 0 aliphatic carbocycles. The molecule has 0 saturated carbocycles. The van der Waals surface area contributed by atoms with E-state index in [-0.39, 0.29) is 11.9 Å². The molecule has 1 aliphatic rings. The minimum atomic E-state index is -0.517. The van der Waals surface area contributed by atoms with Gasteiger partial charge >= 0.3 is 0 Å². The van der Waals surface area contributed by atoms with Crippen molar-refractivity contribution < 1.29 is 9.53 Å². The van der Waals surface area contributed by atoms with Crippen molar-refractivity contribution in [3.8, 4) is 6.07 Å². The van der Waals surface area contributed by atoms with E-state index in [1.165, 1.54) is 0 Å². The van der Waals surface area contributed by atoms with E-state index in [0.29, 0.717) is 13.0 Å². The molecule has 4 heteroatoms. The number of hydrogen-bond acceptors (Lipinski definition) is 3. The summed E-state index contributed by atoms with van der Waals surface area (Å²) < 4.78 is 5.23. The van der Waals surface area contributed by atoms with Crippen LogP contribution in [0, 0.1) is 17.2 Å². The first kappa shape index (κ1) is 11.0. The van der Waals surface area contributed by atoms with Gasteiger partial charge in [0, 0.05) is 6.61 Å². The summed E-state index contributed by atoms with van der Waals surface area (Å²) in [6, 6.07) is 2.08. The van der Waals surface area contributed by atoms with Crippen LogP contribution in [-0.2, 0) is 9.53 Å². The van der Waals surface area contributed by atoms with Crippen molar-refractivity contribution in [3.63, 3.8) is 0 Å². The van der Waals surface area contributed by atoms with Crippen LogP contribution in [0.25, 0.3) is 0 Å². The second-order valence-electron chi connectivity index (χ2n) is 3.51. The summed E-state index contributed by atoms with van der Waals surface area (Å²) >= 11 is 0. The SMILES string of the molecule is CCC(C#N)C(=O)NC1CCCOC1. The maximum atomic E-state index is 11.5. The maximum Gasteiger partial charge on any atom is 0.237 e. The fourth-order valence-corrected chi connectivity index (χ4v) is 1.49. The van der Waals surface area contributed by atoms with Crippen molar-refractivity contribution in [2.75, 3.05) is 13.2 Å². The van der Waals surface area contributed by atoms with Crippen molar-refractivity contribution in [2.24, 2.45) is 5.92 Å². The summed E-state index contributed by atoms with van der Waals surface area (Å²) in [5, 5.41) is 11.5. The molecule has 1 N–H and O–H groups in total. The lowest BCUT2D eigenvalue weighted by Gasteiger charge is -2.23. The molecule has 78 valence electrons. The lowest BCUT2D eigenvalue weighted by molar-refractivity contribution is -0.125. The monoisotopic (exact) mass is 196 g/mol. The van der Waals surface area contributed by atoms with Crippen molar-refractivity contribution >= 4 is 5.91 Å². The molecule has 0 bridgehead atoms. The molecule has 0 spiro atoms. The molecule has 1 rings (SSSR count). The average molecular weight is 196 g/mol. The Bertz CT molecular complexity index is 229. The summed E-state index contributed by atoms with van der Waals surface area (Å²) in [6.07, 6.45) is 2.50. The van der Waals surface area contributed by atoms with Gasteiger partial charge in [0.15, 0.2) is 0 Å². The van der Waals surface area contributed by atoms with Crippen LogP contribution in [0.2, 0.25) is 0 Å². The quantitative estimate of drug-likeness (QED) is 0.727. The maximum absolute atomic E-state index is 11.5. The van der Waals surface area contributed by atoms with E-state index >= 15 is 0 Å². The van der Waals surface area contributed by atoms with Crippen LogP contribution in [0.1, 0.15) is 26.2 Å². The zero-order valence-corrected chi connectivity index (χ0v) is 8.45. The largest absolute Gasteiger partial charge is 0.379 e. The van der Waals surface area contributed by atoms with Crippen LogP contribution in [0.3, 0.4) is 0 Å². The third-order valence-electron chi connectivity index (χ3n) is 2.39. The van der Waals surface area contributed by atoms with Gasteiger partial charge in [-0.05, 0) is 19.3 Å². The molecule has 0 aromatic rings. The Balaban J connectivity index is 2.35. The first-order valence-corrected chi connectivity index (χ1v) is 5.05.